The van der Waals surface area contributed by atoms with Crippen molar-refractivity contribution < 1.29 is 20.4 Å². The first-order chi connectivity index (χ1) is 7.44. The fourth-order valence-corrected chi connectivity index (χ4v) is 2.00. The molecule has 0 N–H and O–H groups in total. The Hall–Kier alpha value is 0.882. The zero-order valence-electron chi connectivity index (χ0n) is 10.7. The first-order valence-corrected chi connectivity index (χ1v) is 6.99. The minimum Gasteiger partial charge on any atom is -0.411 e. The molecule has 17 heavy (non-hydrogen) atoms. The quantitative estimate of drug-likeness (QED) is 0.401. The molecule has 0 amide bonds. The van der Waals surface area contributed by atoms with Gasteiger partial charge >= 0.3 is 20.4 Å². The fourth-order valence-electron chi connectivity index (χ4n) is 0.964. The molecule has 0 unspecified atom stereocenters. The largest absolute Gasteiger partial charge is 2.00 e. The van der Waals surface area contributed by atoms with Crippen molar-refractivity contribution in [2.24, 2.45) is 0 Å². The Kier molecular flexibility index (Phi) is 20.2. The Balaban J connectivity index is -0.000000218. The van der Waals surface area contributed by atoms with Crippen molar-refractivity contribution >= 4 is 58.3 Å². The molecule has 0 rings (SSSR count). The van der Waals surface area contributed by atoms with Crippen molar-refractivity contribution in [3.63, 3.8) is 0 Å². The second kappa shape index (κ2) is 14.9. The summed E-state index contributed by atoms with van der Waals surface area (Å²) in [5.74, 6) is 0. The molecule has 0 saturated carbocycles. The molecule has 0 aromatic rings. The predicted molar refractivity (Wildman–Crippen MR) is 85.8 cm³/mol. The van der Waals surface area contributed by atoms with Gasteiger partial charge in [0, 0.05) is 26.2 Å². The van der Waals surface area contributed by atoms with E-state index in [-0.39, 0.29) is 20.4 Å². The molecule has 0 aliphatic heterocycles. The zero-order valence-corrected chi connectivity index (χ0v) is 15.5. The van der Waals surface area contributed by atoms with E-state index in [2.05, 4.69) is 0 Å². The molecule has 0 fully saturated rings. The molecule has 0 atom stereocenters. The van der Waals surface area contributed by atoms with E-state index in [0.29, 0.717) is 8.64 Å². The first-order valence-electron chi connectivity index (χ1n) is 5.36. The molecular formula is C10H20N2PdS4. The van der Waals surface area contributed by atoms with E-state index >= 15 is 0 Å². The summed E-state index contributed by atoms with van der Waals surface area (Å²) in [7, 11) is 0. The van der Waals surface area contributed by atoms with Crippen LogP contribution in [0.1, 0.15) is 27.7 Å². The summed E-state index contributed by atoms with van der Waals surface area (Å²) < 4.78 is 1.16. The Labute approximate surface area is 141 Å². The molecule has 104 valence electrons. The summed E-state index contributed by atoms with van der Waals surface area (Å²) in [5.41, 5.74) is 0. The summed E-state index contributed by atoms with van der Waals surface area (Å²) in [6.07, 6.45) is 0. The third-order valence-corrected chi connectivity index (χ3v) is 3.08. The van der Waals surface area contributed by atoms with Crippen molar-refractivity contribution in [3.8, 4) is 0 Å². The molecule has 0 heterocycles. The average molecular weight is 403 g/mol. The molecular weight excluding hydrogens is 383 g/mol. The third kappa shape index (κ3) is 13.1. The van der Waals surface area contributed by atoms with Crippen LogP contribution in [0.4, 0.5) is 0 Å². The Morgan fingerprint density at radius 2 is 0.941 bits per heavy atom. The van der Waals surface area contributed by atoms with E-state index in [1.807, 2.05) is 37.5 Å². The molecule has 0 saturated heterocycles. The van der Waals surface area contributed by atoms with Crippen LogP contribution in [-0.2, 0) is 45.7 Å². The normalized spacial score (nSPS) is 8.24. The molecule has 7 heteroatoms. The molecule has 2 nitrogen and oxygen atoms in total. The maximum absolute atomic E-state index is 4.76. The summed E-state index contributed by atoms with van der Waals surface area (Å²) in [6, 6.07) is 0. The van der Waals surface area contributed by atoms with Crippen molar-refractivity contribution in [3.05, 3.63) is 0 Å². The second-order valence-corrected chi connectivity index (χ2v) is 4.94. The van der Waals surface area contributed by atoms with Crippen LogP contribution in [0.5, 0.6) is 0 Å². The van der Waals surface area contributed by atoms with E-state index < -0.39 is 0 Å². The summed E-state index contributed by atoms with van der Waals surface area (Å²) >= 11 is 19.0. The van der Waals surface area contributed by atoms with Gasteiger partial charge in [-0.2, -0.15) is 0 Å². The van der Waals surface area contributed by atoms with Gasteiger partial charge in [0.25, 0.3) is 0 Å². The van der Waals surface area contributed by atoms with Gasteiger partial charge < -0.3 is 59.5 Å². The molecule has 0 aliphatic rings. The maximum atomic E-state index is 4.76. The van der Waals surface area contributed by atoms with E-state index in [1.54, 1.807) is 0 Å². The van der Waals surface area contributed by atoms with Crippen molar-refractivity contribution in [1.82, 2.24) is 9.80 Å². The van der Waals surface area contributed by atoms with Crippen LogP contribution in [0.15, 0.2) is 0 Å². The Bertz CT molecular complexity index is 184. The smallest absolute Gasteiger partial charge is 0.411 e. The van der Waals surface area contributed by atoms with Crippen LogP contribution in [0.2, 0.25) is 0 Å². The fraction of sp³-hybridized carbons (Fsp3) is 0.800. The van der Waals surface area contributed by atoms with Gasteiger partial charge in [-0.1, -0.05) is 8.64 Å². The number of hydrogen-bond acceptors (Lipinski definition) is 4. The van der Waals surface area contributed by atoms with Gasteiger partial charge in [-0.05, 0) is 27.7 Å². The molecule has 0 spiro atoms. The topological polar surface area (TPSA) is 6.48 Å². The van der Waals surface area contributed by atoms with Crippen molar-refractivity contribution in [2.75, 3.05) is 26.2 Å². The summed E-state index contributed by atoms with van der Waals surface area (Å²) in [5, 5.41) is 0. The molecule has 0 bridgehead atoms. The molecule has 0 aliphatic carbocycles. The van der Waals surface area contributed by atoms with Gasteiger partial charge in [0.2, 0.25) is 0 Å². The van der Waals surface area contributed by atoms with Crippen LogP contribution in [0, 0.1) is 0 Å². The van der Waals surface area contributed by atoms with Crippen molar-refractivity contribution in [1.29, 1.82) is 0 Å². The van der Waals surface area contributed by atoms with Crippen LogP contribution < -0.4 is 0 Å². The second-order valence-electron chi connectivity index (χ2n) is 2.88. The van der Waals surface area contributed by atoms with Crippen LogP contribution in [0.25, 0.3) is 0 Å². The predicted octanol–water partition coefficient (Wildman–Crippen LogP) is 2.32. The minimum atomic E-state index is 0. The maximum Gasteiger partial charge on any atom is 2.00 e. The van der Waals surface area contributed by atoms with Gasteiger partial charge in [-0.3, -0.25) is 0 Å². The Morgan fingerprint density at radius 1 is 0.765 bits per heavy atom. The summed E-state index contributed by atoms with van der Waals surface area (Å²) in [4.78, 5) is 3.93. The van der Waals surface area contributed by atoms with Crippen LogP contribution in [0.3, 0.4) is 0 Å². The average Bonchev–Trinajstić information content (AvgIpc) is 2.21. The van der Waals surface area contributed by atoms with E-state index in [0.717, 1.165) is 26.2 Å². The Morgan fingerprint density at radius 3 is 0.941 bits per heavy atom. The molecule has 0 aromatic heterocycles. The van der Waals surface area contributed by atoms with Crippen LogP contribution >= 0.6 is 24.4 Å². The monoisotopic (exact) mass is 402 g/mol. The van der Waals surface area contributed by atoms with Gasteiger partial charge in [-0.25, -0.2) is 0 Å². The van der Waals surface area contributed by atoms with E-state index in [4.69, 9.17) is 49.7 Å². The van der Waals surface area contributed by atoms with E-state index in [1.165, 1.54) is 0 Å². The molecule has 0 aromatic carbocycles. The van der Waals surface area contributed by atoms with Gasteiger partial charge in [0.15, 0.2) is 0 Å². The van der Waals surface area contributed by atoms with Crippen molar-refractivity contribution in [2.45, 2.75) is 27.7 Å². The zero-order chi connectivity index (χ0) is 13.1. The SMILES string of the molecule is CCN(CC)C(=S)[S-].CCN(CC)C(=S)[S-].[Pd+2]. The first kappa shape index (κ1) is 23.0. The van der Waals surface area contributed by atoms with Crippen LogP contribution in [-0.4, -0.2) is 44.6 Å². The van der Waals surface area contributed by atoms with E-state index in [9.17, 15) is 0 Å². The number of thiocarbonyl (C=S) groups is 2. The van der Waals surface area contributed by atoms with Gasteiger partial charge in [-0.15, -0.1) is 0 Å². The number of rotatable bonds is 4. The number of nitrogens with zero attached hydrogens (tertiary/aromatic N) is 2. The standard InChI is InChI=1S/2C5H11NS2.Pd/c2*1-3-6(4-2)5(7)8;/h2*3-4H2,1-2H3,(H,7,8);/q;;+2/p-2. The van der Waals surface area contributed by atoms with Gasteiger partial charge in [0.1, 0.15) is 0 Å². The molecule has 0 radical (unpaired) electrons. The summed E-state index contributed by atoms with van der Waals surface area (Å²) in [6.45, 7) is 11.9. The number of hydrogen-bond donors (Lipinski definition) is 0. The third-order valence-electron chi connectivity index (χ3n) is 2.04. The van der Waals surface area contributed by atoms with Gasteiger partial charge in [0.05, 0.1) is 0 Å². The minimum absolute atomic E-state index is 0.